The number of hydrazone groups is 1. The molecule has 2 rings (SSSR count). The van der Waals surface area contributed by atoms with E-state index in [4.69, 9.17) is 4.74 Å². The highest BCUT2D eigenvalue weighted by Crippen LogP contribution is 2.22. The van der Waals surface area contributed by atoms with Gasteiger partial charge in [0.15, 0.2) is 6.10 Å². The minimum atomic E-state index is -0.686. The van der Waals surface area contributed by atoms with Gasteiger partial charge in [0.05, 0.1) is 16.0 Å². The fourth-order valence-electron chi connectivity index (χ4n) is 1.77. The van der Waals surface area contributed by atoms with E-state index in [1.54, 1.807) is 18.2 Å². The zero-order chi connectivity index (χ0) is 17.5. The lowest BCUT2D eigenvalue weighted by molar-refractivity contribution is -0.380. The Morgan fingerprint density at radius 1 is 1.50 bits per heavy atom. The number of ether oxygens (including phenoxy) is 1. The predicted octanol–water partition coefficient (Wildman–Crippen LogP) is 3.73. The van der Waals surface area contributed by atoms with Crippen LogP contribution in [0.4, 0.5) is 5.00 Å². The van der Waals surface area contributed by atoms with Crippen LogP contribution in [0.15, 0.2) is 46.0 Å². The Labute approximate surface area is 150 Å². The molecule has 1 aromatic carbocycles. The number of carbonyl (C=O) groups excluding carboxylic acids is 1. The molecule has 9 heteroatoms. The molecular formula is C15H14BrN3O4S. The third kappa shape index (κ3) is 5.14. The van der Waals surface area contributed by atoms with Gasteiger partial charge in [-0.25, -0.2) is 5.43 Å². The standard InChI is InChI=1S/C15H14BrN3O4S/c1-2-13(23-11-5-3-4-10(16)8-11)15(20)18-17-9-12-6-7-14(24-12)19(21)22/h3-9,13H,2H2,1H3,(H,18,20). The summed E-state index contributed by atoms with van der Waals surface area (Å²) in [5, 5.41) is 14.4. The summed E-state index contributed by atoms with van der Waals surface area (Å²) in [4.78, 5) is 22.8. The molecule has 126 valence electrons. The number of halogens is 1. The van der Waals surface area contributed by atoms with Crippen LogP contribution < -0.4 is 10.2 Å². The molecule has 0 bridgehead atoms. The first-order chi connectivity index (χ1) is 11.5. The Morgan fingerprint density at radius 3 is 2.92 bits per heavy atom. The van der Waals surface area contributed by atoms with Crippen LogP contribution in [0.1, 0.15) is 18.2 Å². The fraction of sp³-hybridized carbons (Fsp3) is 0.200. The number of nitrogens with one attached hydrogen (secondary N) is 1. The van der Waals surface area contributed by atoms with Gasteiger partial charge in [-0.2, -0.15) is 5.10 Å². The van der Waals surface area contributed by atoms with Crippen molar-refractivity contribution in [3.05, 3.63) is 55.9 Å². The lowest BCUT2D eigenvalue weighted by atomic mass is 10.2. The number of carbonyl (C=O) groups is 1. The second-order valence-electron chi connectivity index (χ2n) is 4.64. The van der Waals surface area contributed by atoms with E-state index in [1.807, 2.05) is 19.1 Å². The van der Waals surface area contributed by atoms with Crippen molar-refractivity contribution in [2.24, 2.45) is 5.10 Å². The second-order valence-corrected chi connectivity index (χ2v) is 6.65. The predicted molar refractivity (Wildman–Crippen MR) is 95.6 cm³/mol. The molecule has 0 spiro atoms. The highest BCUT2D eigenvalue weighted by molar-refractivity contribution is 9.10. The number of nitro groups is 1. The maximum atomic E-state index is 12.1. The number of hydrogen-bond donors (Lipinski definition) is 1. The molecule has 0 aliphatic carbocycles. The van der Waals surface area contributed by atoms with E-state index in [-0.39, 0.29) is 10.9 Å². The van der Waals surface area contributed by atoms with Crippen molar-refractivity contribution in [1.29, 1.82) is 0 Å². The molecule has 1 amide bonds. The molecule has 0 aliphatic rings. The van der Waals surface area contributed by atoms with E-state index in [9.17, 15) is 14.9 Å². The topological polar surface area (TPSA) is 93.8 Å². The quantitative estimate of drug-likeness (QED) is 0.426. The molecule has 0 saturated carbocycles. The van der Waals surface area contributed by atoms with Gasteiger partial charge in [0.2, 0.25) is 0 Å². The largest absolute Gasteiger partial charge is 0.481 e. The van der Waals surface area contributed by atoms with E-state index in [0.717, 1.165) is 15.8 Å². The lowest BCUT2D eigenvalue weighted by Crippen LogP contribution is -2.35. The van der Waals surface area contributed by atoms with E-state index < -0.39 is 11.0 Å². The second kappa shape index (κ2) is 8.55. The van der Waals surface area contributed by atoms with Crippen LogP contribution in [0.2, 0.25) is 0 Å². The normalized spacial score (nSPS) is 12.1. The van der Waals surface area contributed by atoms with Gasteiger partial charge in [0.1, 0.15) is 5.75 Å². The summed E-state index contributed by atoms with van der Waals surface area (Å²) in [6.07, 6.45) is 1.15. The van der Waals surface area contributed by atoms with E-state index >= 15 is 0 Å². The first-order valence-electron chi connectivity index (χ1n) is 6.99. The van der Waals surface area contributed by atoms with Crippen molar-refractivity contribution in [3.8, 4) is 5.75 Å². The maximum Gasteiger partial charge on any atom is 0.324 e. The van der Waals surface area contributed by atoms with Gasteiger partial charge in [-0.1, -0.05) is 40.3 Å². The number of thiophene rings is 1. The van der Waals surface area contributed by atoms with E-state index in [2.05, 4.69) is 26.5 Å². The molecule has 2 aromatic rings. The minimum absolute atomic E-state index is 0.0206. The Balaban J connectivity index is 1.93. The van der Waals surface area contributed by atoms with Gasteiger partial charge < -0.3 is 4.74 Å². The van der Waals surface area contributed by atoms with Gasteiger partial charge in [-0.05, 0) is 30.7 Å². The van der Waals surface area contributed by atoms with Gasteiger partial charge in [0, 0.05) is 10.5 Å². The summed E-state index contributed by atoms with van der Waals surface area (Å²) in [5.41, 5.74) is 2.39. The molecule has 0 fully saturated rings. The van der Waals surface area contributed by atoms with Crippen LogP contribution in [0, 0.1) is 10.1 Å². The number of amides is 1. The maximum absolute atomic E-state index is 12.1. The van der Waals surface area contributed by atoms with Crippen LogP contribution in [-0.4, -0.2) is 23.1 Å². The SMILES string of the molecule is CCC(Oc1cccc(Br)c1)C(=O)NN=Cc1ccc([N+](=O)[O-])s1. The zero-order valence-electron chi connectivity index (χ0n) is 12.6. The number of rotatable bonds is 7. The summed E-state index contributed by atoms with van der Waals surface area (Å²) in [6.45, 7) is 1.83. The molecule has 0 saturated heterocycles. The third-order valence-corrected chi connectivity index (χ3v) is 4.36. The van der Waals surface area contributed by atoms with Crippen LogP contribution in [0.5, 0.6) is 5.75 Å². The van der Waals surface area contributed by atoms with Crippen LogP contribution in [0.3, 0.4) is 0 Å². The third-order valence-electron chi connectivity index (χ3n) is 2.90. The average Bonchev–Trinajstić information content (AvgIpc) is 3.01. The average molecular weight is 412 g/mol. The molecule has 1 unspecified atom stereocenters. The smallest absolute Gasteiger partial charge is 0.324 e. The molecule has 1 atom stereocenters. The minimum Gasteiger partial charge on any atom is -0.481 e. The summed E-state index contributed by atoms with van der Waals surface area (Å²) in [5.74, 6) is 0.184. The first kappa shape index (κ1) is 18.1. The molecule has 24 heavy (non-hydrogen) atoms. The van der Waals surface area contributed by atoms with Gasteiger partial charge in [0.25, 0.3) is 5.91 Å². The van der Waals surface area contributed by atoms with Gasteiger partial charge in [-0.15, -0.1) is 0 Å². The summed E-state index contributed by atoms with van der Waals surface area (Å²) in [6, 6.07) is 10.1. The highest BCUT2D eigenvalue weighted by atomic mass is 79.9. The first-order valence-corrected chi connectivity index (χ1v) is 8.60. The molecular weight excluding hydrogens is 398 g/mol. The van der Waals surface area contributed by atoms with Gasteiger partial charge in [-0.3, -0.25) is 14.9 Å². The highest BCUT2D eigenvalue weighted by Gasteiger charge is 2.18. The van der Waals surface area contributed by atoms with Crippen molar-refractivity contribution in [3.63, 3.8) is 0 Å². The zero-order valence-corrected chi connectivity index (χ0v) is 15.0. The Morgan fingerprint density at radius 2 is 2.29 bits per heavy atom. The summed E-state index contributed by atoms with van der Waals surface area (Å²) < 4.78 is 6.50. The number of benzene rings is 1. The molecule has 1 heterocycles. The molecule has 0 aliphatic heterocycles. The van der Waals surface area contributed by atoms with Crippen molar-refractivity contribution in [2.45, 2.75) is 19.4 Å². The van der Waals surface area contributed by atoms with Crippen molar-refractivity contribution in [1.82, 2.24) is 5.43 Å². The van der Waals surface area contributed by atoms with Crippen molar-refractivity contribution in [2.75, 3.05) is 0 Å². The fourth-order valence-corrected chi connectivity index (χ4v) is 2.84. The van der Waals surface area contributed by atoms with Crippen LogP contribution in [-0.2, 0) is 4.79 Å². The van der Waals surface area contributed by atoms with E-state index in [1.165, 1.54) is 12.3 Å². The number of nitrogens with zero attached hydrogens (tertiary/aromatic N) is 2. The number of hydrogen-bond acceptors (Lipinski definition) is 6. The van der Waals surface area contributed by atoms with E-state index in [0.29, 0.717) is 17.0 Å². The molecule has 1 N–H and O–H groups in total. The Kier molecular flexibility index (Phi) is 6.44. The Hall–Kier alpha value is -2.26. The van der Waals surface area contributed by atoms with Crippen LogP contribution in [0.25, 0.3) is 0 Å². The molecule has 1 aromatic heterocycles. The molecule has 0 radical (unpaired) electrons. The van der Waals surface area contributed by atoms with Gasteiger partial charge >= 0.3 is 5.00 Å². The molecule has 7 nitrogen and oxygen atoms in total. The Bertz CT molecular complexity index is 763. The van der Waals surface area contributed by atoms with Crippen molar-refractivity contribution < 1.29 is 14.5 Å². The summed E-state index contributed by atoms with van der Waals surface area (Å²) >= 11 is 4.31. The lowest BCUT2D eigenvalue weighted by Gasteiger charge is -2.15. The van der Waals surface area contributed by atoms with Crippen molar-refractivity contribution >= 4 is 44.4 Å². The summed E-state index contributed by atoms with van der Waals surface area (Å²) in [7, 11) is 0. The monoisotopic (exact) mass is 411 g/mol. The van der Waals surface area contributed by atoms with Crippen LogP contribution >= 0.6 is 27.3 Å².